The summed E-state index contributed by atoms with van der Waals surface area (Å²) in [5.74, 6) is 0. The highest BCUT2D eigenvalue weighted by Crippen LogP contribution is 2.25. The SMILES string of the molecule is Clc1cc(NCc2ccn[nH]2)ccc1Br. The van der Waals surface area contributed by atoms with Gasteiger partial charge in [-0.3, -0.25) is 5.10 Å². The van der Waals surface area contributed by atoms with E-state index < -0.39 is 0 Å². The smallest absolute Gasteiger partial charge is 0.0568 e. The average molecular weight is 287 g/mol. The van der Waals surface area contributed by atoms with Crippen molar-refractivity contribution < 1.29 is 0 Å². The normalized spacial score (nSPS) is 10.3. The molecule has 5 heteroatoms. The van der Waals surface area contributed by atoms with E-state index in [1.807, 2.05) is 24.3 Å². The molecule has 1 heterocycles. The van der Waals surface area contributed by atoms with Gasteiger partial charge in [0.05, 0.1) is 17.3 Å². The molecule has 0 aliphatic rings. The number of halogens is 2. The molecule has 0 saturated carbocycles. The van der Waals surface area contributed by atoms with E-state index in [9.17, 15) is 0 Å². The van der Waals surface area contributed by atoms with Gasteiger partial charge in [-0.1, -0.05) is 11.6 Å². The van der Waals surface area contributed by atoms with Crippen LogP contribution >= 0.6 is 27.5 Å². The molecular weight excluding hydrogens is 277 g/mol. The number of nitrogens with zero attached hydrogens (tertiary/aromatic N) is 1. The lowest BCUT2D eigenvalue weighted by Gasteiger charge is -2.05. The molecule has 2 N–H and O–H groups in total. The highest BCUT2D eigenvalue weighted by Gasteiger charge is 1.99. The minimum absolute atomic E-state index is 0.699. The van der Waals surface area contributed by atoms with Gasteiger partial charge >= 0.3 is 0 Å². The maximum Gasteiger partial charge on any atom is 0.0568 e. The van der Waals surface area contributed by atoms with Crippen molar-refractivity contribution in [3.05, 3.63) is 45.7 Å². The number of hydrogen-bond acceptors (Lipinski definition) is 2. The molecule has 2 rings (SSSR count). The molecule has 1 aromatic carbocycles. The summed E-state index contributed by atoms with van der Waals surface area (Å²) in [7, 11) is 0. The zero-order valence-electron chi connectivity index (χ0n) is 7.80. The second-order valence-electron chi connectivity index (χ2n) is 3.06. The van der Waals surface area contributed by atoms with Gasteiger partial charge in [0.1, 0.15) is 0 Å². The van der Waals surface area contributed by atoms with Crippen LogP contribution in [0.2, 0.25) is 5.02 Å². The van der Waals surface area contributed by atoms with Crippen LogP contribution in [0.4, 0.5) is 5.69 Å². The fourth-order valence-electron chi connectivity index (χ4n) is 1.19. The summed E-state index contributed by atoms with van der Waals surface area (Å²) < 4.78 is 0.899. The topological polar surface area (TPSA) is 40.7 Å². The Morgan fingerprint density at radius 2 is 2.27 bits per heavy atom. The maximum atomic E-state index is 5.97. The quantitative estimate of drug-likeness (QED) is 0.907. The third-order valence-corrected chi connectivity index (χ3v) is 3.19. The Morgan fingerprint density at radius 3 is 2.93 bits per heavy atom. The molecule has 2 aromatic rings. The molecule has 78 valence electrons. The molecule has 0 spiro atoms. The minimum Gasteiger partial charge on any atom is -0.379 e. The van der Waals surface area contributed by atoms with Crippen LogP contribution in [-0.4, -0.2) is 10.2 Å². The van der Waals surface area contributed by atoms with Crippen molar-refractivity contribution in [3.63, 3.8) is 0 Å². The molecule has 0 aliphatic heterocycles. The Balaban J connectivity index is 2.02. The van der Waals surface area contributed by atoms with Gasteiger partial charge in [0, 0.05) is 16.4 Å². The lowest BCUT2D eigenvalue weighted by molar-refractivity contribution is 0.981. The fraction of sp³-hybridized carbons (Fsp3) is 0.100. The van der Waals surface area contributed by atoms with Crippen molar-refractivity contribution in [1.29, 1.82) is 0 Å². The monoisotopic (exact) mass is 285 g/mol. The minimum atomic E-state index is 0.699. The molecule has 0 radical (unpaired) electrons. The second-order valence-corrected chi connectivity index (χ2v) is 4.33. The summed E-state index contributed by atoms with van der Waals surface area (Å²) >= 11 is 9.31. The summed E-state index contributed by atoms with van der Waals surface area (Å²) in [6, 6.07) is 7.68. The molecule has 0 fully saturated rings. The number of hydrogen-bond donors (Lipinski definition) is 2. The van der Waals surface area contributed by atoms with Gasteiger partial charge in [-0.15, -0.1) is 0 Å². The van der Waals surface area contributed by atoms with E-state index >= 15 is 0 Å². The van der Waals surface area contributed by atoms with Crippen molar-refractivity contribution in [2.75, 3.05) is 5.32 Å². The number of rotatable bonds is 3. The summed E-state index contributed by atoms with van der Waals surface area (Å²) in [5, 5.41) is 10.7. The molecule has 1 aromatic heterocycles. The molecule has 3 nitrogen and oxygen atoms in total. The number of nitrogens with one attached hydrogen (secondary N) is 2. The van der Waals surface area contributed by atoms with Crippen molar-refractivity contribution in [2.24, 2.45) is 0 Å². The Bertz CT molecular complexity index is 442. The highest BCUT2D eigenvalue weighted by molar-refractivity contribution is 9.10. The fourth-order valence-corrected chi connectivity index (χ4v) is 1.61. The summed E-state index contributed by atoms with van der Waals surface area (Å²) in [5.41, 5.74) is 2.02. The predicted molar refractivity (Wildman–Crippen MR) is 65.1 cm³/mol. The summed E-state index contributed by atoms with van der Waals surface area (Å²) in [6.45, 7) is 0.706. The standard InChI is InChI=1S/C10H9BrClN3/c11-9-2-1-7(5-10(9)12)13-6-8-3-4-14-15-8/h1-5,13H,6H2,(H,14,15). The van der Waals surface area contributed by atoms with Crippen molar-refractivity contribution in [1.82, 2.24) is 10.2 Å². The number of H-pyrrole nitrogens is 1. The first-order chi connectivity index (χ1) is 7.25. The van der Waals surface area contributed by atoms with Crippen LogP contribution in [0, 0.1) is 0 Å². The zero-order valence-corrected chi connectivity index (χ0v) is 10.1. The van der Waals surface area contributed by atoms with Crippen LogP contribution in [0.3, 0.4) is 0 Å². The van der Waals surface area contributed by atoms with E-state index in [0.29, 0.717) is 11.6 Å². The first-order valence-electron chi connectivity index (χ1n) is 4.43. The molecule has 0 aliphatic carbocycles. The van der Waals surface area contributed by atoms with Crippen molar-refractivity contribution >= 4 is 33.2 Å². The van der Waals surface area contributed by atoms with E-state index in [1.165, 1.54) is 0 Å². The number of aromatic nitrogens is 2. The van der Waals surface area contributed by atoms with Crippen LogP contribution in [0.25, 0.3) is 0 Å². The highest BCUT2D eigenvalue weighted by atomic mass is 79.9. The molecule has 0 atom stereocenters. The largest absolute Gasteiger partial charge is 0.379 e. The Kier molecular flexibility index (Phi) is 3.28. The molecule has 0 bridgehead atoms. The Morgan fingerprint density at radius 1 is 1.40 bits per heavy atom. The van der Waals surface area contributed by atoms with Gasteiger partial charge in [0.25, 0.3) is 0 Å². The maximum absolute atomic E-state index is 5.97. The average Bonchev–Trinajstić information content (AvgIpc) is 2.73. The van der Waals surface area contributed by atoms with Gasteiger partial charge < -0.3 is 5.32 Å². The van der Waals surface area contributed by atoms with E-state index in [1.54, 1.807) is 6.20 Å². The van der Waals surface area contributed by atoms with Gasteiger partial charge in [-0.2, -0.15) is 5.10 Å². The van der Waals surface area contributed by atoms with E-state index in [0.717, 1.165) is 15.9 Å². The van der Waals surface area contributed by atoms with Gasteiger partial charge in [-0.05, 0) is 40.2 Å². The third-order valence-electron chi connectivity index (χ3n) is 1.96. The van der Waals surface area contributed by atoms with Crippen molar-refractivity contribution in [3.8, 4) is 0 Å². The predicted octanol–water partition coefficient (Wildman–Crippen LogP) is 3.44. The summed E-state index contributed by atoms with van der Waals surface area (Å²) in [4.78, 5) is 0. The van der Waals surface area contributed by atoms with Crippen molar-refractivity contribution in [2.45, 2.75) is 6.54 Å². The molecule has 15 heavy (non-hydrogen) atoms. The zero-order chi connectivity index (χ0) is 10.7. The Labute approximate surface area is 101 Å². The first-order valence-corrected chi connectivity index (χ1v) is 5.60. The molecular formula is C10H9BrClN3. The van der Waals surface area contributed by atoms with Gasteiger partial charge in [0.15, 0.2) is 0 Å². The van der Waals surface area contributed by atoms with Crippen LogP contribution in [0.15, 0.2) is 34.9 Å². The van der Waals surface area contributed by atoms with Crippen LogP contribution in [0.5, 0.6) is 0 Å². The summed E-state index contributed by atoms with van der Waals surface area (Å²) in [6.07, 6.45) is 1.73. The van der Waals surface area contributed by atoms with Crippen LogP contribution in [-0.2, 0) is 6.54 Å². The lowest BCUT2D eigenvalue weighted by atomic mass is 10.3. The Hall–Kier alpha value is -1.00. The lowest BCUT2D eigenvalue weighted by Crippen LogP contribution is -1.99. The first kappa shape index (κ1) is 10.5. The molecule has 0 saturated heterocycles. The molecule has 0 unspecified atom stereocenters. The van der Waals surface area contributed by atoms with Gasteiger partial charge in [0.2, 0.25) is 0 Å². The van der Waals surface area contributed by atoms with Crippen LogP contribution < -0.4 is 5.32 Å². The molecule has 0 amide bonds. The number of anilines is 1. The third kappa shape index (κ3) is 2.73. The number of aromatic amines is 1. The second kappa shape index (κ2) is 4.68. The number of benzene rings is 1. The van der Waals surface area contributed by atoms with Gasteiger partial charge in [-0.25, -0.2) is 0 Å². The van der Waals surface area contributed by atoms with Crippen LogP contribution in [0.1, 0.15) is 5.69 Å². The van der Waals surface area contributed by atoms with E-state index in [2.05, 4.69) is 31.4 Å². The van der Waals surface area contributed by atoms with E-state index in [4.69, 9.17) is 11.6 Å². The van der Waals surface area contributed by atoms with E-state index in [-0.39, 0.29) is 0 Å².